The average Bonchev–Trinajstić information content (AvgIpc) is 2.96. The average molecular weight is 611 g/mol. The van der Waals surface area contributed by atoms with Gasteiger partial charge in [0, 0.05) is 27.7 Å². The van der Waals surface area contributed by atoms with Gasteiger partial charge >= 0.3 is 23.9 Å². The lowest BCUT2D eigenvalue weighted by molar-refractivity contribution is -0.254. The second kappa shape index (κ2) is 16.0. The fourth-order valence-electron chi connectivity index (χ4n) is 4.70. The van der Waals surface area contributed by atoms with Crippen molar-refractivity contribution in [2.75, 3.05) is 20.3 Å². The van der Waals surface area contributed by atoms with Crippen LogP contribution in [0.15, 0.2) is 47.6 Å². The topological polar surface area (TPSA) is 169 Å². The number of benzene rings is 2. The zero-order chi connectivity index (χ0) is 32.2. The van der Waals surface area contributed by atoms with Crippen molar-refractivity contribution < 1.29 is 52.4 Å². The van der Waals surface area contributed by atoms with E-state index in [1.165, 1.54) is 27.2 Å². The standard InChI is InChI=1S/C31H34N2O11/c1-18(34)40-17-27-29(41-19(2)35)31(43-21(4)37)30(42-20(3)36)28(44-27)23-8-9-24(16-32)25(15-23)14-22-6-10-26(11-7-22)39-13-12-33-38-5/h6-12,15,27-31H,13-14,17H2,1-5H3/t27?,28-,29+,30-,31-/m0/s1. The summed E-state index contributed by atoms with van der Waals surface area (Å²) in [6.45, 7) is 4.57. The molecule has 1 saturated heterocycles. The minimum absolute atomic E-state index is 0.226. The molecule has 0 spiro atoms. The molecule has 3 rings (SSSR count). The Kier molecular flexibility index (Phi) is 12.2. The molecule has 1 aliphatic rings. The Morgan fingerprint density at radius 2 is 1.52 bits per heavy atom. The van der Waals surface area contributed by atoms with Crippen LogP contribution in [0.4, 0.5) is 0 Å². The van der Waals surface area contributed by atoms with Crippen LogP contribution in [0, 0.1) is 11.3 Å². The van der Waals surface area contributed by atoms with E-state index in [-0.39, 0.29) is 13.2 Å². The molecule has 13 nitrogen and oxygen atoms in total. The predicted octanol–water partition coefficient (Wildman–Crippen LogP) is 2.96. The van der Waals surface area contributed by atoms with E-state index in [9.17, 15) is 24.4 Å². The molecule has 2 aromatic rings. The van der Waals surface area contributed by atoms with E-state index < -0.39 is 54.4 Å². The molecule has 0 aliphatic carbocycles. The summed E-state index contributed by atoms with van der Waals surface area (Å²) in [5.74, 6) is -2.15. The molecular weight excluding hydrogens is 576 g/mol. The number of hydrogen-bond acceptors (Lipinski definition) is 13. The number of carbonyl (C=O) groups is 4. The van der Waals surface area contributed by atoms with Gasteiger partial charge in [-0.05, 0) is 41.3 Å². The summed E-state index contributed by atoms with van der Waals surface area (Å²) < 4.78 is 33.6. The van der Waals surface area contributed by atoms with E-state index in [2.05, 4.69) is 16.1 Å². The molecular formula is C31H34N2O11. The lowest BCUT2D eigenvalue weighted by Gasteiger charge is -2.44. The van der Waals surface area contributed by atoms with Gasteiger partial charge in [-0.1, -0.05) is 29.4 Å². The van der Waals surface area contributed by atoms with E-state index >= 15 is 0 Å². The number of ether oxygens (including phenoxy) is 6. The number of hydrogen-bond donors (Lipinski definition) is 0. The Balaban J connectivity index is 2.00. The zero-order valence-electron chi connectivity index (χ0n) is 25.0. The summed E-state index contributed by atoms with van der Waals surface area (Å²) in [6, 6.07) is 14.4. The van der Waals surface area contributed by atoms with Gasteiger partial charge in [0.05, 0.1) is 17.8 Å². The van der Waals surface area contributed by atoms with Crippen LogP contribution < -0.4 is 4.74 Å². The van der Waals surface area contributed by atoms with Crippen LogP contribution in [0.1, 0.15) is 56.1 Å². The molecule has 0 saturated carbocycles. The molecule has 1 unspecified atom stereocenters. The van der Waals surface area contributed by atoms with Crippen molar-refractivity contribution in [2.24, 2.45) is 5.16 Å². The van der Waals surface area contributed by atoms with Gasteiger partial charge < -0.3 is 33.3 Å². The fraction of sp³-hybridized carbons (Fsp3) is 0.419. The van der Waals surface area contributed by atoms with E-state index in [4.69, 9.17) is 28.4 Å². The first-order chi connectivity index (χ1) is 21.0. The van der Waals surface area contributed by atoms with Crippen LogP contribution in [0.3, 0.4) is 0 Å². The highest BCUT2D eigenvalue weighted by atomic mass is 16.7. The van der Waals surface area contributed by atoms with Gasteiger partial charge in [-0.15, -0.1) is 0 Å². The smallest absolute Gasteiger partial charge is 0.303 e. The molecule has 5 atom stereocenters. The number of rotatable bonds is 12. The van der Waals surface area contributed by atoms with Crippen LogP contribution in [0.25, 0.3) is 0 Å². The van der Waals surface area contributed by atoms with Crippen molar-refractivity contribution in [2.45, 2.75) is 64.6 Å². The minimum Gasteiger partial charge on any atom is -0.488 e. The Morgan fingerprint density at radius 3 is 2.11 bits per heavy atom. The third-order valence-corrected chi connectivity index (χ3v) is 6.39. The van der Waals surface area contributed by atoms with Crippen molar-refractivity contribution in [3.8, 4) is 11.8 Å². The van der Waals surface area contributed by atoms with Crippen LogP contribution in [-0.2, 0) is 54.1 Å². The fourth-order valence-corrected chi connectivity index (χ4v) is 4.70. The second-order valence-corrected chi connectivity index (χ2v) is 9.75. The summed E-state index contributed by atoms with van der Waals surface area (Å²) in [5.41, 5.74) is 2.39. The maximum Gasteiger partial charge on any atom is 0.303 e. The summed E-state index contributed by atoms with van der Waals surface area (Å²) >= 11 is 0. The largest absolute Gasteiger partial charge is 0.488 e. The number of esters is 4. The first-order valence-corrected chi connectivity index (χ1v) is 13.6. The maximum absolute atomic E-state index is 12.2. The highest BCUT2D eigenvalue weighted by Crippen LogP contribution is 2.38. The van der Waals surface area contributed by atoms with Crippen LogP contribution >= 0.6 is 0 Å². The normalized spacial score (nSPS) is 21.0. The van der Waals surface area contributed by atoms with E-state index in [0.717, 1.165) is 19.4 Å². The Bertz CT molecular complexity index is 1400. The van der Waals surface area contributed by atoms with Gasteiger partial charge in [0.2, 0.25) is 0 Å². The molecule has 2 aromatic carbocycles. The lowest BCUT2D eigenvalue weighted by Crippen LogP contribution is -2.59. The van der Waals surface area contributed by atoms with Crippen molar-refractivity contribution in [3.63, 3.8) is 0 Å². The molecule has 1 aliphatic heterocycles. The highest BCUT2D eigenvalue weighted by Gasteiger charge is 2.52. The number of nitrogens with zero attached hydrogens (tertiary/aromatic N) is 2. The summed E-state index contributed by atoms with van der Waals surface area (Å²) in [7, 11) is 1.44. The SMILES string of the molecule is CON=CCOc1ccc(Cc2cc([C@@H]3OC(COC(C)=O)[C@@H](OC(C)=O)[C@H](OC(C)=O)[C@H]3OC(C)=O)ccc2C#N)cc1. The van der Waals surface area contributed by atoms with E-state index in [1.807, 2.05) is 12.1 Å². The minimum atomic E-state index is -1.31. The molecule has 234 valence electrons. The Hall–Kier alpha value is -4.96. The van der Waals surface area contributed by atoms with Crippen molar-refractivity contribution in [1.29, 1.82) is 5.26 Å². The zero-order valence-corrected chi connectivity index (χ0v) is 25.0. The first-order valence-electron chi connectivity index (χ1n) is 13.6. The third-order valence-electron chi connectivity index (χ3n) is 6.39. The summed E-state index contributed by atoms with van der Waals surface area (Å²) in [6.07, 6.45) is -4.15. The van der Waals surface area contributed by atoms with Gasteiger partial charge in [0.15, 0.2) is 18.3 Å². The number of carbonyl (C=O) groups excluding carboxylic acids is 4. The third kappa shape index (κ3) is 9.53. The molecule has 0 aromatic heterocycles. The monoisotopic (exact) mass is 610 g/mol. The molecule has 0 bridgehead atoms. The summed E-state index contributed by atoms with van der Waals surface area (Å²) in [5, 5.41) is 13.4. The molecule has 13 heteroatoms. The summed E-state index contributed by atoms with van der Waals surface area (Å²) in [4.78, 5) is 52.6. The molecule has 0 radical (unpaired) electrons. The van der Waals surface area contributed by atoms with E-state index in [1.54, 1.807) is 30.3 Å². The molecule has 1 heterocycles. The van der Waals surface area contributed by atoms with Gasteiger partial charge in [-0.2, -0.15) is 5.26 Å². The Labute approximate surface area is 254 Å². The first kappa shape index (κ1) is 33.5. The quantitative estimate of drug-likeness (QED) is 0.149. The highest BCUT2D eigenvalue weighted by molar-refractivity contribution is 5.69. The van der Waals surface area contributed by atoms with Gasteiger partial charge in [0.25, 0.3) is 0 Å². The number of oxime groups is 1. The van der Waals surface area contributed by atoms with Gasteiger partial charge in [-0.25, -0.2) is 0 Å². The molecule has 44 heavy (non-hydrogen) atoms. The van der Waals surface area contributed by atoms with Crippen molar-refractivity contribution in [1.82, 2.24) is 0 Å². The maximum atomic E-state index is 12.2. The predicted molar refractivity (Wildman–Crippen MR) is 152 cm³/mol. The van der Waals surface area contributed by atoms with Gasteiger partial charge in [-0.3, -0.25) is 19.2 Å². The molecule has 0 N–H and O–H groups in total. The lowest BCUT2D eigenvalue weighted by atomic mass is 9.88. The molecule has 1 fully saturated rings. The van der Waals surface area contributed by atoms with Crippen LogP contribution in [0.5, 0.6) is 5.75 Å². The van der Waals surface area contributed by atoms with Crippen molar-refractivity contribution in [3.05, 3.63) is 64.7 Å². The number of nitriles is 1. The van der Waals surface area contributed by atoms with Crippen molar-refractivity contribution >= 4 is 30.1 Å². The second-order valence-electron chi connectivity index (χ2n) is 9.75. The van der Waals surface area contributed by atoms with Crippen LogP contribution in [0.2, 0.25) is 0 Å². The van der Waals surface area contributed by atoms with Crippen LogP contribution in [-0.4, -0.2) is 74.8 Å². The molecule has 0 amide bonds. The Morgan fingerprint density at radius 1 is 0.886 bits per heavy atom. The van der Waals surface area contributed by atoms with Gasteiger partial charge in [0.1, 0.15) is 38.3 Å². The van der Waals surface area contributed by atoms with E-state index in [0.29, 0.717) is 28.9 Å².